The molecular formula is C14H28N2O. The molecule has 0 aromatic rings. The molecule has 0 spiro atoms. The van der Waals surface area contributed by atoms with E-state index >= 15 is 0 Å². The van der Waals surface area contributed by atoms with E-state index in [1.54, 1.807) is 0 Å². The van der Waals surface area contributed by atoms with Gasteiger partial charge in [-0.05, 0) is 65.1 Å². The van der Waals surface area contributed by atoms with E-state index in [9.17, 15) is 5.11 Å². The highest BCUT2D eigenvalue weighted by molar-refractivity contribution is 4.80. The molecule has 1 N–H and O–H groups in total. The Morgan fingerprint density at radius 2 is 1.88 bits per heavy atom. The number of rotatable bonds is 3. The first-order chi connectivity index (χ1) is 8.15. The maximum Gasteiger partial charge on any atom is 0.0540 e. The summed E-state index contributed by atoms with van der Waals surface area (Å²) in [7, 11) is 4.52. The molecule has 1 atom stereocenters. The molecule has 0 radical (unpaired) electrons. The topological polar surface area (TPSA) is 26.7 Å². The fourth-order valence-corrected chi connectivity index (χ4v) is 3.38. The van der Waals surface area contributed by atoms with Crippen LogP contribution in [0, 0.1) is 5.92 Å². The van der Waals surface area contributed by atoms with Crippen molar-refractivity contribution in [2.45, 2.75) is 50.7 Å². The highest BCUT2D eigenvalue weighted by Crippen LogP contribution is 2.26. The van der Waals surface area contributed by atoms with Gasteiger partial charge in [-0.3, -0.25) is 0 Å². The van der Waals surface area contributed by atoms with E-state index in [2.05, 4.69) is 23.9 Å². The van der Waals surface area contributed by atoms with Gasteiger partial charge in [-0.25, -0.2) is 0 Å². The molecule has 1 unspecified atom stereocenters. The number of hydrogen-bond donors (Lipinski definition) is 1. The minimum absolute atomic E-state index is 0.0163. The number of hydrogen-bond acceptors (Lipinski definition) is 3. The molecule has 2 aliphatic rings. The van der Waals surface area contributed by atoms with Crippen LogP contribution in [0.3, 0.4) is 0 Å². The van der Waals surface area contributed by atoms with Crippen LogP contribution in [0.25, 0.3) is 0 Å². The summed E-state index contributed by atoms with van der Waals surface area (Å²) in [6.07, 6.45) is 7.15. The smallest absolute Gasteiger partial charge is 0.0540 e. The molecule has 0 aromatic heterocycles. The molecule has 1 heterocycles. The lowest BCUT2D eigenvalue weighted by Crippen LogP contribution is -2.46. The zero-order valence-corrected chi connectivity index (χ0v) is 11.4. The summed E-state index contributed by atoms with van der Waals surface area (Å²) < 4.78 is 0. The summed E-state index contributed by atoms with van der Waals surface area (Å²) in [6, 6.07) is 0.751. The molecule has 3 nitrogen and oxygen atoms in total. The van der Waals surface area contributed by atoms with Gasteiger partial charge >= 0.3 is 0 Å². The van der Waals surface area contributed by atoms with Crippen LogP contribution in [0.15, 0.2) is 0 Å². The number of nitrogens with zero attached hydrogens (tertiary/aromatic N) is 2. The van der Waals surface area contributed by atoms with E-state index in [1.807, 2.05) is 0 Å². The molecular weight excluding hydrogens is 212 g/mol. The Bertz CT molecular complexity index is 226. The van der Waals surface area contributed by atoms with Crippen molar-refractivity contribution in [1.82, 2.24) is 9.80 Å². The van der Waals surface area contributed by atoms with E-state index in [4.69, 9.17) is 0 Å². The Morgan fingerprint density at radius 1 is 1.18 bits per heavy atom. The maximum absolute atomic E-state index is 9.52. The summed E-state index contributed by atoms with van der Waals surface area (Å²) in [4.78, 5) is 5.02. The highest BCUT2D eigenvalue weighted by Gasteiger charge is 2.25. The molecule has 1 saturated carbocycles. The van der Waals surface area contributed by atoms with Gasteiger partial charge < -0.3 is 14.9 Å². The first kappa shape index (κ1) is 13.3. The second-order valence-electron chi connectivity index (χ2n) is 6.17. The van der Waals surface area contributed by atoms with Gasteiger partial charge in [0, 0.05) is 19.1 Å². The van der Waals surface area contributed by atoms with E-state index in [0.717, 1.165) is 24.8 Å². The highest BCUT2D eigenvalue weighted by atomic mass is 16.3. The summed E-state index contributed by atoms with van der Waals surface area (Å²) in [6.45, 7) is 3.72. The Balaban J connectivity index is 1.74. The lowest BCUT2D eigenvalue weighted by molar-refractivity contribution is 0.0766. The third-order valence-electron chi connectivity index (χ3n) is 4.59. The number of aliphatic hydroxyl groups is 1. The Labute approximate surface area is 106 Å². The number of likely N-dealkylation sites (tertiary alicyclic amines) is 1. The third kappa shape index (κ3) is 3.94. The second kappa shape index (κ2) is 6.17. The first-order valence-electron chi connectivity index (χ1n) is 7.22. The van der Waals surface area contributed by atoms with Crippen molar-refractivity contribution in [3.8, 4) is 0 Å². The van der Waals surface area contributed by atoms with Crippen LogP contribution in [-0.2, 0) is 0 Å². The van der Waals surface area contributed by atoms with Gasteiger partial charge in [0.05, 0.1) is 6.10 Å². The summed E-state index contributed by atoms with van der Waals surface area (Å²) >= 11 is 0. The molecule has 1 aliphatic heterocycles. The van der Waals surface area contributed by atoms with Crippen LogP contribution in [0.2, 0.25) is 0 Å². The van der Waals surface area contributed by atoms with Crippen LogP contribution in [0.4, 0.5) is 0 Å². The van der Waals surface area contributed by atoms with Crippen LogP contribution in [0.1, 0.15) is 38.5 Å². The van der Waals surface area contributed by atoms with E-state index < -0.39 is 0 Å². The van der Waals surface area contributed by atoms with Gasteiger partial charge in [0.15, 0.2) is 0 Å². The zero-order valence-electron chi connectivity index (χ0n) is 11.4. The molecule has 1 aliphatic carbocycles. The van der Waals surface area contributed by atoms with Crippen LogP contribution < -0.4 is 0 Å². The molecule has 2 rings (SSSR count). The quantitative estimate of drug-likeness (QED) is 0.811. The molecule has 2 fully saturated rings. The van der Waals surface area contributed by atoms with Crippen molar-refractivity contribution < 1.29 is 5.11 Å². The van der Waals surface area contributed by atoms with Crippen molar-refractivity contribution in [1.29, 1.82) is 0 Å². The average Bonchev–Trinajstić information content (AvgIpc) is 2.32. The van der Waals surface area contributed by atoms with E-state index in [1.165, 1.54) is 45.3 Å². The summed E-state index contributed by atoms with van der Waals surface area (Å²) in [5, 5.41) is 9.52. The predicted molar refractivity (Wildman–Crippen MR) is 71.1 cm³/mol. The SMILES string of the molecule is CN1CCCC(N(C)CC2CCC(O)CC2)C1. The lowest BCUT2D eigenvalue weighted by Gasteiger charge is -2.38. The monoisotopic (exact) mass is 240 g/mol. The standard InChI is InChI=1S/C14H28N2O/c1-15-9-3-4-13(11-15)16(2)10-12-5-7-14(17)8-6-12/h12-14,17H,3-11H2,1-2H3. The van der Waals surface area contributed by atoms with Crippen LogP contribution in [-0.4, -0.2) is 60.8 Å². The molecule has 1 saturated heterocycles. The van der Waals surface area contributed by atoms with E-state index in [0.29, 0.717) is 0 Å². The molecule has 0 amide bonds. The normalized spacial score (nSPS) is 36.4. The number of likely N-dealkylation sites (N-methyl/N-ethyl adjacent to an activating group) is 2. The van der Waals surface area contributed by atoms with Crippen LogP contribution >= 0.6 is 0 Å². The van der Waals surface area contributed by atoms with Gasteiger partial charge in [0.1, 0.15) is 0 Å². The van der Waals surface area contributed by atoms with Crippen molar-refractivity contribution in [2.75, 3.05) is 33.7 Å². The largest absolute Gasteiger partial charge is 0.393 e. The predicted octanol–water partition coefficient (Wildman–Crippen LogP) is 1.56. The van der Waals surface area contributed by atoms with Gasteiger partial charge in [0.2, 0.25) is 0 Å². The van der Waals surface area contributed by atoms with Crippen molar-refractivity contribution >= 4 is 0 Å². The minimum Gasteiger partial charge on any atom is -0.393 e. The summed E-state index contributed by atoms with van der Waals surface area (Å²) in [5.41, 5.74) is 0. The molecule has 0 bridgehead atoms. The van der Waals surface area contributed by atoms with Crippen molar-refractivity contribution in [3.63, 3.8) is 0 Å². The maximum atomic E-state index is 9.52. The fraction of sp³-hybridized carbons (Fsp3) is 1.00. The Hall–Kier alpha value is -0.120. The Morgan fingerprint density at radius 3 is 2.53 bits per heavy atom. The molecule has 3 heteroatoms. The van der Waals surface area contributed by atoms with E-state index in [-0.39, 0.29) is 6.10 Å². The average molecular weight is 240 g/mol. The number of aliphatic hydroxyl groups excluding tert-OH is 1. The second-order valence-corrected chi connectivity index (χ2v) is 6.17. The molecule has 100 valence electrons. The van der Waals surface area contributed by atoms with Gasteiger partial charge in [-0.1, -0.05) is 0 Å². The zero-order chi connectivity index (χ0) is 12.3. The van der Waals surface area contributed by atoms with Crippen LogP contribution in [0.5, 0.6) is 0 Å². The summed E-state index contributed by atoms with van der Waals surface area (Å²) in [5.74, 6) is 0.815. The number of piperidine rings is 1. The van der Waals surface area contributed by atoms with Crippen molar-refractivity contribution in [2.24, 2.45) is 5.92 Å². The van der Waals surface area contributed by atoms with Gasteiger partial charge in [-0.15, -0.1) is 0 Å². The molecule has 0 aromatic carbocycles. The molecule has 17 heavy (non-hydrogen) atoms. The Kier molecular flexibility index (Phi) is 4.83. The fourth-order valence-electron chi connectivity index (χ4n) is 3.38. The lowest BCUT2D eigenvalue weighted by atomic mass is 9.87. The minimum atomic E-state index is -0.0163. The first-order valence-corrected chi connectivity index (χ1v) is 7.22. The third-order valence-corrected chi connectivity index (χ3v) is 4.59. The van der Waals surface area contributed by atoms with Crippen molar-refractivity contribution in [3.05, 3.63) is 0 Å². The van der Waals surface area contributed by atoms with Gasteiger partial charge in [-0.2, -0.15) is 0 Å². The van der Waals surface area contributed by atoms with Gasteiger partial charge in [0.25, 0.3) is 0 Å².